The summed E-state index contributed by atoms with van der Waals surface area (Å²) in [6.07, 6.45) is 4.51. The average Bonchev–Trinajstić information content (AvgIpc) is 2.17. The van der Waals surface area contributed by atoms with Crippen molar-refractivity contribution < 1.29 is 14.3 Å². The Hall–Kier alpha value is -0.570. The van der Waals surface area contributed by atoms with Gasteiger partial charge in [0, 0.05) is 6.61 Å². The van der Waals surface area contributed by atoms with Gasteiger partial charge in [0.2, 0.25) is 0 Å². The van der Waals surface area contributed by atoms with Crippen molar-refractivity contribution >= 4 is 5.97 Å². The second-order valence-electron chi connectivity index (χ2n) is 4.19. The molecule has 0 bridgehead atoms. The van der Waals surface area contributed by atoms with Crippen LogP contribution in [0.5, 0.6) is 0 Å². The third-order valence-electron chi connectivity index (χ3n) is 1.93. The molecule has 0 N–H and O–H groups in total. The van der Waals surface area contributed by atoms with E-state index in [4.69, 9.17) is 9.47 Å². The highest BCUT2D eigenvalue weighted by Gasteiger charge is 2.03. The third kappa shape index (κ3) is 11.4. The van der Waals surface area contributed by atoms with E-state index in [9.17, 15) is 4.79 Å². The molecule has 0 aromatic heterocycles. The second-order valence-corrected chi connectivity index (χ2v) is 4.19. The molecule has 0 fully saturated rings. The smallest absolute Gasteiger partial charge is 0.332 e. The molecule has 0 aliphatic rings. The zero-order valence-corrected chi connectivity index (χ0v) is 10.3. The minimum atomic E-state index is -0.243. The van der Waals surface area contributed by atoms with Crippen molar-refractivity contribution in [1.29, 1.82) is 0 Å². The first-order chi connectivity index (χ1) is 7.16. The molecule has 0 amide bonds. The predicted octanol–water partition coefficient (Wildman–Crippen LogP) is 2.78. The largest absolute Gasteiger partial charge is 0.464 e. The van der Waals surface area contributed by atoms with Gasteiger partial charge in [-0.05, 0) is 12.3 Å². The SMILES string of the molecule is CCCCCCOC(=O)COCC(C)C. The van der Waals surface area contributed by atoms with Crippen molar-refractivity contribution in [2.45, 2.75) is 46.5 Å². The van der Waals surface area contributed by atoms with Crippen LogP contribution in [0.15, 0.2) is 0 Å². The van der Waals surface area contributed by atoms with E-state index < -0.39 is 0 Å². The van der Waals surface area contributed by atoms with Crippen LogP contribution in [0.25, 0.3) is 0 Å². The van der Waals surface area contributed by atoms with E-state index in [0.29, 0.717) is 19.1 Å². The Morgan fingerprint density at radius 2 is 1.93 bits per heavy atom. The van der Waals surface area contributed by atoms with Crippen LogP contribution >= 0.6 is 0 Å². The lowest BCUT2D eigenvalue weighted by molar-refractivity contribution is -0.149. The van der Waals surface area contributed by atoms with Crippen molar-refractivity contribution in [2.24, 2.45) is 5.92 Å². The zero-order valence-electron chi connectivity index (χ0n) is 10.3. The van der Waals surface area contributed by atoms with E-state index in [2.05, 4.69) is 20.8 Å². The summed E-state index contributed by atoms with van der Waals surface area (Å²) in [5, 5.41) is 0. The van der Waals surface area contributed by atoms with Crippen LogP contribution in [-0.4, -0.2) is 25.8 Å². The highest BCUT2D eigenvalue weighted by atomic mass is 16.6. The summed E-state index contributed by atoms with van der Waals surface area (Å²) < 4.78 is 10.2. The topological polar surface area (TPSA) is 35.5 Å². The summed E-state index contributed by atoms with van der Waals surface area (Å²) in [5.41, 5.74) is 0. The summed E-state index contributed by atoms with van der Waals surface area (Å²) in [6, 6.07) is 0. The monoisotopic (exact) mass is 216 g/mol. The predicted molar refractivity (Wildman–Crippen MR) is 60.8 cm³/mol. The summed E-state index contributed by atoms with van der Waals surface area (Å²) in [5.74, 6) is 0.217. The van der Waals surface area contributed by atoms with Gasteiger partial charge in [-0.1, -0.05) is 40.0 Å². The molecule has 0 rings (SSSR count). The van der Waals surface area contributed by atoms with Crippen LogP contribution in [0, 0.1) is 5.92 Å². The van der Waals surface area contributed by atoms with E-state index in [-0.39, 0.29) is 12.6 Å². The number of esters is 1. The molecule has 3 heteroatoms. The third-order valence-corrected chi connectivity index (χ3v) is 1.93. The molecule has 0 aliphatic heterocycles. The van der Waals surface area contributed by atoms with Crippen LogP contribution in [0.3, 0.4) is 0 Å². The summed E-state index contributed by atoms with van der Waals surface area (Å²) in [4.78, 5) is 11.1. The minimum Gasteiger partial charge on any atom is -0.464 e. The van der Waals surface area contributed by atoms with Crippen LogP contribution in [0.1, 0.15) is 46.5 Å². The standard InChI is InChI=1S/C12H24O3/c1-4-5-6-7-8-15-12(13)10-14-9-11(2)3/h11H,4-10H2,1-3H3. The van der Waals surface area contributed by atoms with E-state index in [1.165, 1.54) is 12.8 Å². The second kappa shape index (κ2) is 9.97. The molecule has 90 valence electrons. The Balaban J connectivity index is 3.19. The highest BCUT2D eigenvalue weighted by molar-refractivity contribution is 5.70. The van der Waals surface area contributed by atoms with Gasteiger partial charge in [-0.25, -0.2) is 4.79 Å². The lowest BCUT2D eigenvalue weighted by Gasteiger charge is -2.07. The fraction of sp³-hybridized carbons (Fsp3) is 0.917. The molecule has 0 radical (unpaired) electrons. The molecule has 0 aromatic carbocycles. The Morgan fingerprint density at radius 3 is 2.53 bits per heavy atom. The molecule has 0 unspecified atom stereocenters. The van der Waals surface area contributed by atoms with Gasteiger partial charge in [0.05, 0.1) is 6.61 Å². The van der Waals surface area contributed by atoms with Crippen molar-refractivity contribution in [3.63, 3.8) is 0 Å². The minimum absolute atomic E-state index is 0.0892. The number of rotatable bonds is 9. The van der Waals surface area contributed by atoms with Gasteiger partial charge in [0.25, 0.3) is 0 Å². The number of hydrogen-bond acceptors (Lipinski definition) is 3. The maximum absolute atomic E-state index is 11.1. The van der Waals surface area contributed by atoms with E-state index in [0.717, 1.165) is 12.8 Å². The summed E-state index contributed by atoms with van der Waals surface area (Å²) >= 11 is 0. The summed E-state index contributed by atoms with van der Waals surface area (Å²) in [7, 11) is 0. The van der Waals surface area contributed by atoms with Crippen molar-refractivity contribution in [3.8, 4) is 0 Å². The Bertz CT molecular complexity index is 155. The molecule has 0 aliphatic carbocycles. The Kier molecular flexibility index (Phi) is 9.59. The number of carbonyl (C=O) groups excluding carboxylic acids is 1. The Labute approximate surface area is 93.1 Å². The molecule has 0 atom stereocenters. The van der Waals surface area contributed by atoms with Gasteiger partial charge in [0.1, 0.15) is 6.61 Å². The Morgan fingerprint density at radius 1 is 1.20 bits per heavy atom. The molecule has 0 heterocycles. The molecule has 0 saturated heterocycles. The normalized spacial score (nSPS) is 10.7. The van der Waals surface area contributed by atoms with Crippen molar-refractivity contribution in [1.82, 2.24) is 0 Å². The first kappa shape index (κ1) is 14.4. The maximum atomic E-state index is 11.1. The van der Waals surface area contributed by atoms with Gasteiger partial charge >= 0.3 is 5.97 Å². The molecule has 15 heavy (non-hydrogen) atoms. The van der Waals surface area contributed by atoms with Crippen LogP contribution in [0.2, 0.25) is 0 Å². The molecular weight excluding hydrogens is 192 g/mol. The number of ether oxygens (including phenoxy) is 2. The molecule has 0 aromatic rings. The maximum Gasteiger partial charge on any atom is 0.332 e. The average molecular weight is 216 g/mol. The molecular formula is C12H24O3. The lowest BCUT2D eigenvalue weighted by atomic mass is 10.2. The molecule has 0 saturated carbocycles. The lowest BCUT2D eigenvalue weighted by Crippen LogP contribution is -2.15. The van der Waals surface area contributed by atoms with E-state index in [1.807, 2.05) is 0 Å². The van der Waals surface area contributed by atoms with Crippen LogP contribution in [-0.2, 0) is 14.3 Å². The fourth-order valence-corrected chi connectivity index (χ4v) is 1.13. The summed E-state index contributed by atoms with van der Waals surface area (Å²) in [6.45, 7) is 7.50. The molecule has 3 nitrogen and oxygen atoms in total. The van der Waals surface area contributed by atoms with E-state index >= 15 is 0 Å². The van der Waals surface area contributed by atoms with Crippen LogP contribution in [0.4, 0.5) is 0 Å². The van der Waals surface area contributed by atoms with E-state index in [1.54, 1.807) is 0 Å². The fourth-order valence-electron chi connectivity index (χ4n) is 1.13. The van der Waals surface area contributed by atoms with Gasteiger partial charge < -0.3 is 9.47 Å². The first-order valence-corrected chi connectivity index (χ1v) is 5.90. The number of carbonyl (C=O) groups is 1. The van der Waals surface area contributed by atoms with Gasteiger partial charge in [0.15, 0.2) is 0 Å². The van der Waals surface area contributed by atoms with Crippen molar-refractivity contribution in [2.75, 3.05) is 19.8 Å². The van der Waals surface area contributed by atoms with Gasteiger partial charge in [-0.15, -0.1) is 0 Å². The molecule has 0 spiro atoms. The number of unbranched alkanes of at least 4 members (excludes halogenated alkanes) is 3. The zero-order chi connectivity index (χ0) is 11.5. The first-order valence-electron chi connectivity index (χ1n) is 5.90. The highest BCUT2D eigenvalue weighted by Crippen LogP contribution is 1.99. The quantitative estimate of drug-likeness (QED) is 0.439. The van der Waals surface area contributed by atoms with Crippen molar-refractivity contribution in [3.05, 3.63) is 0 Å². The van der Waals surface area contributed by atoms with Gasteiger partial charge in [-0.3, -0.25) is 0 Å². The van der Waals surface area contributed by atoms with Crippen LogP contribution < -0.4 is 0 Å². The van der Waals surface area contributed by atoms with Gasteiger partial charge in [-0.2, -0.15) is 0 Å². The number of hydrogen-bond donors (Lipinski definition) is 0.